The van der Waals surface area contributed by atoms with Crippen LogP contribution in [0.3, 0.4) is 0 Å². The maximum absolute atomic E-state index is 12.7. The summed E-state index contributed by atoms with van der Waals surface area (Å²) in [6.07, 6.45) is 2.31. The van der Waals surface area contributed by atoms with Crippen LogP contribution in [-0.2, 0) is 16.1 Å². The zero-order valence-electron chi connectivity index (χ0n) is 15.6. The van der Waals surface area contributed by atoms with E-state index in [9.17, 15) is 14.4 Å². The summed E-state index contributed by atoms with van der Waals surface area (Å²) in [6, 6.07) is 5.18. The lowest BCUT2D eigenvalue weighted by Gasteiger charge is -2.43. The summed E-state index contributed by atoms with van der Waals surface area (Å²) in [5.74, 6) is 0.318. The lowest BCUT2D eigenvalue weighted by Crippen LogP contribution is -2.51. The predicted molar refractivity (Wildman–Crippen MR) is 102 cm³/mol. The quantitative estimate of drug-likeness (QED) is 0.768. The lowest BCUT2D eigenvalue weighted by molar-refractivity contribution is -0.134. The summed E-state index contributed by atoms with van der Waals surface area (Å²) in [6.45, 7) is 3.11. The lowest BCUT2D eigenvalue weighted by atomic mass is 9.82. The Morgan fingerprint density at radius 2 is 2.04 bits per heavy atom. The molecular formula is C19H22N6O3. The molecule has 0 saturated carbocycles. The van der Waals surface area contributed by atoms with E-state index in [2.05, 4.69) is 15.3 Å². The number of nitrogens with zero attached hydrogens (tertiary/aromatic N) is 4. The van der Waals surface area contributed by atoms with Crippen LogP contribution >= 0.6 is 0 Å². The Balaban J connectivity index is 1.63. The number of carbonyl (C=O) groups excluding carboxylic acids is 2. The number of nitrogen functional groups attached to an aromatic ring is 1. The van der Waals surface area contributed by atoms with Gasteiger partial charge < -0.3 is 20.5 Å². The number of aromatic nitrogens is 3. The zero-order valence-corrected chi connectivity index (χ0v) is 15.6. The number of fused-ring (bicyclic) bond motifs is 4. The first kappa shape index (κ1) is 18.1. The molecule has 146 valence electrons. The molecule has 1 fully saturated rings. The van der Waals surface area contributed by atoms with Crippen molar-refractivity contribution in [2.24, 2.45) is 5.92 Å². The number of rotatable bonds is 3. The minimum atomic E-state index is -0.226. The monoisotopic (exact) mass is 382 g/mol. The van der Waals surface area contributed by atoms with E-state index in [1.807, 2.05) is 10.6 Å². The molecule has 9 heteroatoms. The van der Waals surface area contributed by atoms with Crippen molar-refractivity contribution in [3.8, 4) is 11.3 Å². The molecule has 2 aromatic rings. The van der Waals surface area contributed by atoms with E-state index in [4.69, 9.17) is 5.73 Å². The first-order valence-corrected chi connectivity index (χ1v) is 9.25. The number of likely N-dealkylation sites (tertiary alicyclic amines) is 1. The van der Waals surface area contributed by atoms with Crippen LogP contribution in [0, 0.1) is 5.92 Å². The minimum absolute atomic E-state index is 0.00182. The molecule has 2 amide bonds. The highest BCUT2D eigenvalue weighted by Gasteiger charge is 2.36. The van der Waals surface area contributed by atoms with E-state index in [0.29, 0.717) is 36.7 Å². The fraction of sp³-hybridized carbons (Fsp3) is 0.421. The third kappa shape index (κ3) is 3.47. The van der Waals surface area contributed by atoms with Gasteiger partial charge in [-0.25, -0.2) is 9.97 Å². The standard InChI is InChI=1S/C19H22N6O3/c1-11(26)21-6-19(28)24-7-12-2-14(9-24)16-3-13(4-18(27)25(16)8-12)15-5-17(20)23-10-22-15/h3-5,10,12,14H,2,6-9H2,1H3,(H,21,26)(H2,20,22,23)/t12-,14+/m0/s1. The molecule has 0 radical (unpaired) electrons. The Bertz CT molecular complexity index is 1000. The molecule has 0 unspecified atom stereocenters. The van der Waals surface area contributed by atoms with Gasteiger partial charge in [0.25, 0.3) is 5.56 Å². The van der Waals surface area contributed by atoms with Crippen molar-refractivity contribution in [1.82, 2.24) is 24.8 Å². The largest absolute Gasteiger partial charge is 0.384 e. The molecule has 4 heterocycles. The van der Waals surface area contributed by atoms with E-state index in [-0.39, 0.29) is 35.8 Å². The van der Waals surface area contributed by atoms with E-state index in [1.54, 1.807) is 17.0 Å². The number of amides is 2. The van der Waals surface area contributed by atoms with Crippen LogP contribution in [-0.4, -0.2) is 50.9 Å². The molecular weight excluding hydrogens is 360 g/mol. The first-order chi connectivity index (χ1) is 13.4. The maximum atomic E-state index is 12.7. The van der Waals surface area contributed by atoms with Gasteiger partial charge in [0.05, 0.1) is 12.2 Å². The second kappa shape index (κ2) is 7.06. The summed E-state index contributed by atoms with van der Waals surface area (Å²) in [5.41, 5.74) is 7.88. The van der Waals surface area contributed by atoms with Gasteiger partial charge in [-0.2, -0.15) is 0 Å². The van der Waals surface area contributed by atoms with Gasteiger partial charge in [0.2, 0.25) is 11.8 Å². The van der Waals surface area contributed by atoms with Gasteiger partial charge in [0, 0.05) is 55.9 Å². The van der Waals surface area contributed by atoms with Crippen molar-refractivity contribution in [2.45, 2.75) is 25.8 Å². The molecule has 3 N–H and O–H groups in total. The van der Waals surface area contributed by atoms with Gasteiger partial charge in [-0.1, -0.05) is 0 Å². The van der Waals surface area contributed by atoms with Crippen molar-refractivity contribution in [2.75, 3.05) is 25.4 Å². The summed E-state index contributed by atoms with van der Waals surface area (Å²) in [5, 5.41) is 2.56. The molecule has 2 aromatic heterocycles. The molecule has 2 bridgehead atoms. The highest BCUT2D eigenvalue weighted by Crippen LogP contribution is 2.36. The molecule has 2 aliphatic rings. The molecule has 2 aliphatic heterocycles. The SMILES string of the molecule is CC(=O)NCC(=O)N1C[C@@H]2C[C@H](C1)c1cc(-c3cc(N)ncn3)cc(=O)n1C2. The molecule has 28 heavy (non-hydrogen) atoms. The molecule has 0 spiro atoms. The Morgan fingerprint density at radius 3 is 2.79 bits per heavy atom. The highest BCUT2D eigenvalue weighted by atomic mass is 16.2. The normalized spacial score (nSPS) is 20.4. The van der Waals surface area contributed by atoms with Crippen molar-refractivity contribution < 1.29 is 9.59 Å². The minimum Gasteiger partial charge on any atom is -0.384 e. The van der Waals surface area contributed by atoms with Crippen molar-refractivity contribution in [3.05, 3.63) is 40.6 Å². The fourth-order valence-electron chi connectivity index (χ4n) is 4.15. The topological polar surface area (TPSA) is 123 Å². The van der Waals surface area contributed by atoms with Crippen LogP contribution < -0.4 is 16.6 Å². The molecule has 0 aliphatic carbocycles. The van der Waals surface area contributed by atoms with Gasteiger partial charge in [0.15, 0.2) is 0 Å². The van der Waals surface area contributed by atoms with Crippen LogP contribution in [0.4, 0.5) is 5.82 Å². The van der Waals surface area contributed by atoms with Gasteiger partial charge in [-0.05, 0) is 18.4 Å². The molecule has 9 nitrogen and oxygen atoms in total. The van der Waals surface area contributed by atoms with Crippen LogP contribution in [0.1, 0.15) is 25.0 Å². The Kier molecular flexibility index (Phi) is 4.58. The Morgan fingerprint density at radius 1 is 1.21 bits per heavy atom. The Hall–Kier alpha value is -3.23. The molecule has 0 aromatic carbocycles. The van der Waals surface area contributed by atoms with E-state index in [1.165, 1.54) is 13.3 Å². The number of pyridine rings is 1. The smallest absolute Gasteiger partial charge is 0.251 e. The van der Waals surface area contributed by atoms with E-state index >= 15 is 0 Å². The van der Waals surface area contributed by atoms with Gasteiger partial charge >= 0.3 is 0 Å². The second-order valence-corrected chi connectivity index (χ2v) is 7.45. The van der Waals surface area contributed by atoms with Crippen molar-refractivity contribution >= 4 is 17.6 Å². The number of anilines is 1. The van der Waals surface area contributed by atoms with Crippen molar-refractivity contribution in [1.29, 1.82) is 0 Å². The van der Waals surface area contributed by atoms with Gasteiger partial charge in [0.1, 0.15) is 12.1 Å². The number of hydrogen-bond donors (Lipinski definition) is 2. The third-order valence-corrected chi connectivity index (χ3v) is 5.38. The summed E-state index contributed by atoms with van der Waals surface area (Å²) < 4.78 is 1.81. The second-order valence-electron chi connectivity index (χ2n) is 7.45. The van der Waals surface area contributed by atoms with E-state index < -0.39 is 0 Å². The number of hydrogen-bond acceptors (Lipinski definition) is 6. The van der Waals surface area contributed by atoms with E-state index in [0.717, 1.165) is 12.1 Å². The average Bonchev–Trinajstić information content (AvgIpc) is 2.66. The van der Waals surface area contributed by atoms with Gasteiger partial charge in [-0.15, -0.1) is 0 Å². The summed E-state index contributed by atoms with van der Waals surface area (Å²) in [7, 11) is 0. The average molecular weight is 382 g/mol. The maximum Gasteiger partial charge on any atom is 0.251 e. The fourth-order valence-corrected chi connectivity index (χ4v) is 4.15. The summed E-state index contributed by atoms with van der Waals surface area (Å²) in [4.78, 5) is 46.2. The molecule has 4 rings (SSSR count). The number of nitrogens with two attached hydrogens (primary N) is 1. The van der Waals surface area contributed by atoms with Crippen LogP contribution in [0.2, 0.25) is 0 Å². The Labute approximate surface area is 161 Å². The van der Waals surface area contributed by atoms with Crippen LogP contribution in [0.15, 0.2) is 29.3 Å². The van der Waals surface area contributed by atoms with Crippen LogP contribution in [0.25, 0.3) is 11.3 Å². The number of piperidine rings is 1. The first-order valence-electron chi connectivity index (χ1n) is 9.25. The number of carbonyl (C=O) groups is 2. The van der Waals surface area contributed by atoms with Crippen LogP contribution in [0.5, 0.6) is 0 Å². The van der Waals surface area contributed by atoms with Crippen molar-refractivity contribution in [3.63, 3.8) is 0 Å². The zero-order chi connectivity index (χ0) is 19.8. The highest BCUT2D eigenvalue weighted by molar-refractivity contribution is 5.83. The molecule has 2 atom stereocenters. The summed E-state index contributed by atoms with van der Waals surface area (Å²) >= 11 is 0. The third-order valence-electron chi connectivity index (χ3n) is 5.38. The predicted octanol–water partition coefficient (Wildman–Crippen LogP) is -0.0307. The van der Waals surface area contributed by atoms with Gasteiger partial charge in [-0.3, -0.25) is 14.4 Å². The number of nitrogens with one attached hydrogen (secondary N) is 1. The molecule has 1 saturated heterocycles.